The zero-order valence-corrected chi connectivity index (χ0v) is 10.8. The van der Waals surface area contributed by atoms with Crippen LogP contribution in [0.3, 0.4) is 0 Å². The molecule has 0 rings (SSSR count). The maximum absolute atomic E-state index is 6.72. The third-order valence-corrected chi connectivity index (χ3v) is 0. The summed E-state index contributed by atoms with van der Waals surface area (Å²) in [6, 6.07) is 0. The van der Waals surface area contributed by atoms with Gasteiger partial charge in [-0.2, -0.15) is 0 Å². The summed E-state index contributed by atoms with van der Waals surface area (Å²) in [6.07, 6.45) is 0. The SMILES string of the molecule is C[SiH](C)[NH-].C[SiH](C)[NH-].[Sc+2]. The first-order valence-electron chi connectivity index (χ1n) is 2.89. The Hall–Kier alpha value is 1.22. The van der Waals surface area contributed by atoms with Crippen molar-refractivity contribution < 1.29 is 25.8 Å². The molecule has 2 N–H and O–H groups in total. The predicted octanol–water partition coefficient (Wildman–Crippen LogP) is 2.04. The van der Waals surface area contributed by atoms with Gasteiger partial charge in [-0.15, -0.1) is 0 Å². The Bertz CT molecular complexity index is 32.0. The Labute approximate surface area is 80.5 Å². The first kappa shape index (κ1) is 16.7. The molecule has 0 atom stereocenters. The Kier molecular flexibility index (Phi) is 22.1. The van der Waals surface area contributed by atoms with E-state index in [2.05, 4.69) is 0 Å². The summed E-state index contributed by atoms with van der Waals surface area (Å²) in [5.74, 6) is 0. The topological polar surface area (TPSA) is 47.6 Å². The van der Waals surface area contributed by atoms with Gasteiger partial charge in [0.2, 0.25) is 0 Å². The zero-order chi connectivity index (χ0) is 7.15. The molecule has 0 fully saturated rings. The first-order valence-corrected chi connectivity index (χ1v) is 8.66. The van der Waals surface area contributed by atoms with Crippen LogP contribution in [0, 0.1) is 0 Å². The second-order valence-corrected chi connectivity index (χ2v) is 6.93. The Morgan fingerprint density at radius 3 is 0.778 bits per heavy atom. The maximum Gasteiger partial charge on any atom is 2.00 e. The second kappa shape index (κ2) is 12.0. The smallest absolute Gasteiger partial charge is 0.682 e. The second-order valence-electron chi connectivity index (χ2n) is 2.31. The zero-order valence-electron chi connectivity index (χ0n) is 6.73. The summed E-state index contributed by atoms with van der Waals surface area (Å²) in [5.41, 5.74) is 0. The molecule has 0 saturated heterocycles. The molecule has 0 aliphatic heterocycles. The minimum Gasteiger partial charge on any atom is -0.682 e. The summed E-state index contributed by atoms with van der Waals surface area (Å²) in [5, 5.41) is 13.4. The molecule has 0 aromatic heterocycles. The van der Waals surface area contributed by atoms with Crippen molar-refractivity contribution in [3.05, 3.63) is 10.8 Å². The number of nitrogens with one attached hydrogen (secondary N) is 2. The maximum atomic E-state index is 6.72. The summed E-state index contributed by atoms with van der Waals surface area (Å²) in [4.78, 5) is 0. The van der Waals surface area contributed by atoms with Crippen molar-refractivity contribution in [2.24, 2.45) is 0 Å². The molecule has 0 amide bonds. The van der Waals surface area contributed by atoms with Crippen LogP contribution < -0.4 is 0 Å². The van der Waals surface area contributed by atoms with E-state index < -0.39 is 17.9 Å². The third kappa shape index (κ3) is 321. The molecule has 1 radical (unpaired) electrons. The number of hydrogen-bond acceptors (Lipinski definition) is 0. The van der Waals surface area contributed by atoms with Crippen LogP contribution in [0.25, 0.3) is 10.8 Å². The molecule has 0 saturated carbocycles. The molecule has 0 spiro atoms. The van der Waals surface area contributed by atoms with E-state index in [1.807, 2.05) is 26.2 Å². The van der Waals surface area contributed by atoms with Crippen LogP contribution in [0.5, 0.6) is 0 Å². The Morgan fingerprint density at radius 2 is 0.778 bits per heavy atom. The summed E-state index contributed by atoms with van der Waals surface area (Å²) in [7, 11) is -1.78. The predicted molar refractivity (Wildman–Crippen MR) is 46.4 cm³/mol. The molecule has 0 heterocycles. The van der Waals surface area contributed by atoms with Gasteiger partial charge in [0.15, 0.2) is 0 Å². The molecule has 0 bridgehead atoms. The van der Waals surface area contributed by atoms with Crippen LogP contribution in [-0.4, -0.2) is 17.9 Å². The summed E-state index contributed by atoms with van der Waals surface area (Å²) >= 11 is 0. The van der Waals surface area contributed by atoms with E-state index in [1.54, 1.807) is 0 Å². The summed E-state index contributed by atoms with van der Waals surface area (Å²) < 4.78 is 0. The van der Waals surface area contributed by atoms with E-state index in [-0.39, 0.29) is 25.8 Å². The molecule has 0 aliphatic carbocycles. The molecule has 53 valence electrons. The molecular formula is C4H16N2ScSi2. The van der Waals surface area contributed by atoms with E-state index in [1.165, 1.54) is 0 Å². The van der Waals surface area contributed by atoms with Gasteiger partial charge in [-0.05, 0) is 0 Å². The van der Waals surface area contributed by atoms with Gasteiger partial charge in [0.05, 0.1) is 0 Å². The number of hydrogen-bond donors (Lipinski definition) is 0. The van der Waals surface area contributed by atoms with Crippen molar-refractivity contribution >= 4 is 17.9 Å². The Morgan fingerprint density at radius 1 is 0.778 bits per heavy atom. The van der Waals surface area contributed by atoms with E-state index in [4.69, 9.17) is 10.8 Å². The average Bonchev–Trinajstić information content (AvgIpc) is 1.25. The quantitative estimate of drug-likeness (QED) is 0.529. The standard InChI is InChI=1S/2C2H8NSi.Sc/c2*1-4(2)3;/h2*3-4H,1-2H3;/q2*-1;+2. The van der Waals surface area contributed by atoms with Crippen LogP contribution in [0.15, 0.2) is 0 Å². The van der Waals surface area contributed by atoms with Crippen molar-refractivity contribution in [3.8, 4) is 0 Å². The van der Waals surface area contributed by atoms with Crippen molar-refractivity contribution in [3.63, 3.8) is 0 Å². The fourth-order valence-electron chi connectivity index (χ4n) is 0. The molecule has 0 aromatic carbocycles. The first-order chi connectivity index (χ1) is 3.46. The van der Waals surface area contributed by atoms with Crippen LogP contribution in [0.4, 0.5) is 0 Å². The normalized spacial score (nSPS) is 8.00. The van der Waals surface area contributed by atoms with Gasteiger partial charge in [-0.25, -0.2) is 0 Å². The van der Waals surface area contributed by atoms with E-state index in [9.17, 15) is 0 Å². The monoisotopic (exact) mass is 193 g/mol. The van der Waals surface area contributed by atoms with E-state index in [0.717, 1.165) is 0 Å². The fourth-order valence-corrected chi connectivity index (χ4v) is 0. The van der Waals surface area contributed by atoms with Crippen LogP contribution in [0.1, 0.15) is 0 Å². The van der Waals surface area contributed by atoms with Crippen molar-refractivity contribution in [1.29, 1.82) is 0 Å². The van der Waals surface area contributed by atoms with Crippen LogP contribution in [-0.2, 0) is 25.8 Å². The molecular weight excluding hydrogens is 177 g/mol. The minimum atomic E-state index is -0.889. The van der Waals surface area contributed by atoms with Gasteiger partial charge >= 0.3 is 25.8 Å². The van der Waals surface area contributed by atoms with Gasteiger partial charge in [0.1, 0.15) is 0 Å². The average molecular weight is 193 g/mol. The Balaban J connectivity index is -0.0000000720. The molecule has 9 heavy (non-hydrogen) atoms. The largest absolute Gasteiger partial charge is 2.00 e. The van der Waals surface area contributed by atoms with Gasteiger partial charge in [0.25, 0.3) is 0 Å². The fraction of sp³-hybridized carbons (Fsp3) is 1.00. The molecule has 0 unspecified atom stereocenters. The molecule has 0 aliphatic rings. The number of rotatable bonds is 0. The van der Waals surface area contributed by atoms with Gasteiger partial charge in [-0.1, -0.05) is 44.1 Å². The van der Waals surface area contributed by atoms with Crippen LogP contribution >= 0.6 is 0 Å². The molecule has 0 aromatic rings. The van der Waals surface area contributed by atoms with E-state index >= 15 is 0 Å². The molecule has 5 heteroatoms. The molecule has 2 nitrogen and oxygen atoms in total. The third-order valence-electron chi connectivity index (χ3n) is 0. The minimum absolute atomic E-state index is 0. The van der Waals surface area contributed by atoms with Crippen molar-refractivity contribution in [2.45, 2.75) is 26.2 Å². The van der Waals surface area contributed by atoms with Gasteiger partial charge < -0.3 is 10.8 Å². The van der Waals surface area contributed by atoms with Gasteiger partial charge in [0, 0.05) is 0 Å². The summed E-state index contributed by atoms with van der Waals surface area (Å²) in [6.45, 7) is 7.89. The van der Waals surface area contributed by atoms with Gasteiger partial charge in [-0.3, -0.25) is 0 Å². The van der Waals surface area contributed by atoms with Crippen molar-refractivity contribution in [1.82, 2.24) is 0 Å². The van der Waals surface area contributed by atoms with Crippen molar-refractivity contribution in [2.75, 3.05) is 0 Å². The van der Waals surface area contributed by atoms with E-state index in [0.29, 0.717) is 0 Å². The van der Waals surface area contributed by atoms with Crippen LogP contribution in [0.2, 0.25) is 26.2 Å².